The van der Waals surface area contributed by atoms with Crippen LogP contribution in [0.15, 0.2) is 54.3 Å². The molecule has 33 heavy (non-hydrogen) atoms. The monoisotopic (exact) mass is 471 g/mol. The number of esters is 1. The minimum absolute atomic E-state index is 0. The normalized spacial score (nSPS) is 32.0. The number of phenolic OH excluding ortho intramolecular Hbond substituents is 1. The number of halogens is 1. The van der Waals surface area contributed by atoms with Crippen LogP contribution in [0.3, 0.4) is 0 Å². The number of carbonyl (C=O) groups excluding carboxylic acids is 1. The lowest BCUT2D eigenvalue weighted by Gasteiger charge is -2.61. The summed E-state index contributed by atoms with van der Waals surface area (Å²) in [6.07, 6.45) is 1.06. The quantitative estimate of drug-likeness (QED) is 0.591. The summed E-state index contributed by atoms with van der Waals surface area (Å²) >= 11 is 0. The van der Waals surface area contributed by atoms with Gasteiger partial charge in [0.25, 0.3) is 0 Å². The van der Waals surface area contributed by atoms with Crippen LogP contribution in [-0.2, 0) is 21.4 Å². The first-order valence-electron chi connectivity index (χ1n) is 11.0. The minimum Gasteiger partial charge on any atom is -0.504 e. The number of ether oxygens (including phenoxy) is 2. The van der Waals surface area contributed by atoms with Gasteiger partial charge in [-0.05, 0) is 49.7 Å². The first-order valence-corrected chi connectivity index (χ1v) is 11.0. The number of likely N-dealkylation sites (N-methyl/N-ethyl adjacent to an activating group) is 1. The molecule has 2 aromatic rings. The van der Waals surface area contributed by atoms with Crippen molar-refractivity contribution >= 4 is 18.4 Å². The van der Waals surface area contributed by atoms with E-state index in [-0.39, 0.29) is 30.0 Å². The van der Waals surface area contributed by atoms with Crippen LogP contribution in [0.1, 0.15) is 35.6 Å². The first kappa shape index (κ1) is 22.2. The van der Waals surface area contributed by atoms with Crippen molar-refractivity contribution < 1.29 is 29.6 Å². The number of aromatic hydroxyl groups is 1. The molecule has 2 aliphatic carbocycles. The number of benzene rings is 2. The highest BCUT2D eigenvalue weighted by atomic mass is 35.5. The largest absolute Gasteiger partial charge is 0.504 e. The number of rotatable bonds is 3. The molecule has 8 heteroatoms. The zero-order chi connectivity index (χ0) is 22.3. The lowest BCUT2D eigenvalue weighted by Crippen LogP contribution is -2.74. The van der Waals surface area contributed by atoms with Crippen molar-refractivity contribution in [1.82, 2.24) is 4.90 Å². The number of piperidine rings is 1. The lowest BCUT2D eigenvalue weighted by molar-refractivity contribution is -0.172. The number of hydrogen-bond donors (Lipinski definition) is 3. The van der Waals surface area contributed by atoms with Crippen LogP contribution >= 0.6 is 12.4 Å². The summed E-state index contributed by atoms with van der Waals surface area (Å²) in [7, 11) is 2.02. The molecule has 1 fully saturated rings. The van der Waals surface area contributed by atoms with Gasteiger partial charge in [-0.3, -0.25) is 0 Å². The molecule has 0 radical (unpaired) electrons. The topological polar surface area (TPSA) is 99.5 Å². The molecule has 5 atom stereocenters. The number of aliphatic hydroxyl groups excluding tert-OH is 1. The van der Waals surface area contributed by atoms with E-state index in [4.69, 9.17) is 9.47 Å². The molecule has 2 aliphatic heterocycles. The van der Waals surface area contributed by atoms with Crippen LogP contribution in [0, 0.1) is 0 Å². The summed E-state index contributed by atoms with van der Waals surface area (Å²) in [5, 5.41) is 33.1. The standard InChI is InChI=1S/C25H25NO6.ClH/c1-26-12-11-24-19-15-7-8-16(27)21(19)32-22(24)17(9-10-25(24,30)18(26)13-15)31-23(29)20(28)14-5-3-2-4-6-14;/h2-9,18,20,22,27-28,30H,10-13H2,1H3;1H/t18?,20-,22-,24-,25-;/m0./s1. The van der Waals surface area contributed by atoms with Gasteiger partial charge in [-0.15, -0.1) is 12.4 Å². The Morgan fingerprint density at radius 1 is 1.24 bits per heavy atom. The van der Waals surface area contributed by atoms with Gasteiger partial charge in [-0.25, -0.2) is 4.79 Å². The SMILES string of the molecule is CN1CC[C@]23c4c5ccc(O)c4O[C@H]2C(OC(=O)[C@@H](O)c2ccccc2)=CC[C@]3(O)C1C5.Cl. The average Bonchev–Trinajstić information content (AvgIpc) is 3.16. The summed E-state index contributed by atoms with van der Waals surface area (Å²) in [5.41, 5.74) is 0.368. The van der Waals surface area contributed by atoms with Crippen molar-refractivity contribution in [3.8, 4) is 11.5 Å². The molecule has 1 unspecified atom stereocenters. The Morgan fingerprint density at radius 3 is 2.76 bits per heavy atom. The van der Waals surface area contributed by atoms with Crippen LogP contribution in [0.4, 0.5) is 0 Å². The highest BCUT2D eigenvalue weighted by molar-refractivity contribution is 5.85. The molecule has 0 saturated carbocycles. The van der Waals surface area contributed by atoms with E-state index in [2.05, 4.69) is 4.90 Å². The molecule has 2 bridgehead atoms. The highest BCUT2D eigenvalue weighted by Gasteiger charge is 2.72. The second-order valence-electron chi connectivity index (χ2n) is 9.34. The number of likely N-dealkylation sites (tertiary alicyclic amines) is 1. The summed E-state index contributed by atoms with van der Waals surface area (Å²) in [4.78, 5) is 15.0. The van der Waals surface area contributed by atoms with Crippen molar-refractivity contribution in [3.05, 3.63) is 71.0 Å². The molecule has 6 rings (SSSR count). The summed E-state index contributed by atoms with van der Waals surface area (Å²) in [5.74, 6) is -0.140. The number of nitrogens with zero attached hydrogens (tertiary/aromatic N) is 1. The van der Waals surface area contributed by atoms with Crippen molar-refractivity contribution in [2.24, 2.45) is 0 Å². The van der Waals surface area contributed by atoms with E-state index in [0.717, 1.165) is 17.7 Å². The molecular weight excluding hydrogens is 446 g/mol. The molecule has 1 spiro atoms. The van der Waals surface area contributed by atoms with Gasteiger partial charge >= 0.3 is 5.97 Å². The maximum absolute atomic E-state index is 12.8. The molecule has 0 amide bonds. The van der Waals surface area contributed by atoms with E-state index in [9.17, 15) is 20.1 Å². The van der Waals surface area contributed by atoms with Crippen LogP contribution in [0.25, 0.3) is 0 Å². The molecule has 3 N–H and O–H groups in total. The molecule has 2 heterocycles. The molecule has 2 aromatic carbocycles. The summed E-state index contributed by atoms with van der Waals surface area (Å²) in [6, 6.07) is 12.0. The Labute approximate surface area is 197 Å². The fraction of sp³-hybridized carbons (Fsp3) is 0.400. The van der Waals surface area contributed by atoms with Crippen LogP contribution < -0.4 is 4.74 Å². The first-order chi connectivity index (χ1) is 15.4. The fourth-order valence-electron chi connectivity index (χ4n) is 6.38. The van der Waals surface area contributed by atoms with E-state index < -0.39 is 29.2 Å². The van der Waals surface area contributed by atoms with Crippen molar-refractivity contribution in [2.75, 3.05) is 13.6 Å². The smallest absolute Gasteiger partial charge is 0.344 e. The van der Waals surface area contributed by atoms with Gasteiger partial charge in [0, 0.05) is 18.0 Å². The minimum atomic E-state index is -1.43. The van der Waals surface area contributed by atoms with Crippen molar-refractivity contribution in [2.45, 2.75) is 48.5 Å². The van der Waals surface area contributed by atoms with E-state index in [1.165, 1.54) is 0 Å². The van der Waals surface area contributed by atoms with Gasteiger partial charge < -0.3 is 29.7 Å². The number of carbonyl (C=O) groups is 1. The third-order valence-corrected chi connectivity index (χ3v) is 7.91. The predicted octanol–water partition coefficient (Wildman–Crippen LogP) is 2.37. The van der Waals surface area contributed by atoms with Gasteiger partial charge in [-0.2, -0.15) is 0 Å². The van der Waals surface area contributed by atoms with Crippen LogP contribution in [0.2, 0.25) is 0 Å². The molecule has 4 aliphatic rings. The number of hydrogen-bond acceptors (Lipinski definition) is 7. The Hall–Kier alpha value is -2.58. The summed E-state index contributed by atoms with van der Waals surface area (Å²) in [6.45, 7) is 0.745. The zero-order valence-electron chi connectivity index (χ0n) is 18.1. The van der Waals surface area contributed by atoms with Crippen LogP contribution in [0.5, 0.6) is 11.5 Å². The third kappa shape index (κ3) is 2.77. The maximum Gasteiger partial charge on any atom is 0.344 e. The van der Waals surface area contributed by atoms with Gasteiger partial charge in [-0.1, -0.05) is 36.4 Å². The second-order valence-corrected chi connectivity index (χ2v) is 9.34. The van der Waals surface area contributed by atoms with Crippen molar-refractivity contribution in [3.63, 3.8) is 0 Å². The fourth-order valence-corrected chi connectivity index (χ4v) is 6.38. The Morgan fingerprint density at radius 2 is 2.00 bits per heavy atom. The Bertz CT molecular complexity index is 1150. The Kier molecular flexibility index (Phi) is 5.03. The molecule has 174 valence electrons. The van der Waals surface area contributed by atoms with Gasteiger partial charge in [0.05, 0.1) is 11.0 Å². The van der Waals surface area contributed by atoms with Gasteiger partial charge in [0.1, 0.15) is 5.76 Å². The summed E-state index contributed by atoms with van der Waals surface area (Å²) < 4.78 is 12.0. The second kappa shape index (κ2) is 7.46. The third-order valence-electron chi connectivity index (χ3n) is 7.91. The number of aliphatic hydroxyl groups is 2. The van der Waals surface area contributed by atoms with Gasteiger partial charge in [0.15, 0.2) is 23.7 Å². The lowest BCUT2D eigenvalue weighted by atomic mass is 9.50. The highest BCUT2D eigenvalue weighted by Crippen LogP contribution is 2.65. The average molecular weight is 472 g/mol. The molecule has 0 aromatic heterocycles. The Balaban J connectivity index is 0.00000228. The maximum atomic E-state index is 12.8. The van der Waals surface area contributed by atoms with Crippen molar-refractivity contribution in [1.29, 1.82) is 0 Å². The predicted molar refractivity (Wildman–Crippen MR) is 121 cm³/mol. The molecule has 1 saturated heterocycles. The van der Waals surface area contributed by atoms with E-state index in [1.54, 1.807) is 42.5 Å². The van der Waals surface area contributed by atoms with Crippen LogP contribution in [-0.4, -0.2) is 57.5 Å². The zero-order valence-corrected chi connectivity index (χ0v) is 18.9. The number of phenols is 1. The van der Waals surface area contributed by atoms with E-state index in [0.29, 0.717) is 30.6 Å². The van der Waals surface area contributed by atoms with Gasteiger partial charge in [0.2, 0.25) is 0 Å². The molecule has 7 nitrogen and oxygen atoms in total. The van der Waals surface area contributed by atoms with E-state index >= 15 is 0 Å². The van der Waals surface area contributed by atoms with E-state index in [1.807, 2.05) is 13.1 Å². The molecular formula is C25H26ClNO6.